The number of rotatable bonds is 3. The lowest BCUT2D eigenvalue weighted by atomic mass is 9.48. The van der Waals surface area contributed by atoms with Crippen LogP contribution in [0.25, 0.3) is 0 Å². The minimum absolute atomic E-state index is 0.346. The average molecular weight is 249 g/mol. The van der Waals surface area contributed by atoms with Crippen molar-refractivity contribution in [2.24, 2.45) is 34.5 Å². The maximum absolute atomic E-state index is 11.0. The van der Waals surface area contributed by atoms with Gasteiger partial charge in [0.15, 0.2) is 0 Å². The van der Waals surface area contributed by atoms with Gasteiger partial charge in [-0.05, 0) is 60.2 Å². The Balaban J connectivity index is 2.00. The van der Waals surface area contributed by atoms with Crippen molar-refractivity contribution in [3.8, 4) is 0 Å². The zero-order valence-electron chi connectivity index (χ0n) is 12.2. The van der Waals surface area contributed by atoms with E-state index in [1.165, 1.54) is 25.7 Å². The topological polar surface area (TPSA) is 29.1 Å². The van der Waals surface area contributed by atoms with Crippen LogP contribution in [0.3, 0.4) is 0 Å². The molecular weight excluding hydrogens is 222 g/mol. The summed E-state index contributed by atoms with van der Waals surface area (Å²) in [5.41, 5.74) is 0.699. The van der Waals surface area contributed by atoms with Gasteiger partial charge in [-0.1, -0.05) is 27.7 Å². The Labute approximate surface area is 111 Å². The Kier molecular flexibility index (Phi) is 2.60. The highest BCUT2D eigenvalue weighted by atomic mass is 16.1. The molecule has 6 atom stereocenters. The molecule has 18 heavy (non-hydrogen) atoms. The SMILES string of the molecule is CC(C)C1CC2(C)C3CCC(C)(CC13)C2NC=O. The van der Waals surface area contributed by atoms with Crippen LogP contribution in [-0.4, -0.2) is 12.5 Å². The van der Waals surface area contributed by atoms with E-state index < -0.39 is 0 Å². The molecule has 2 heteroatoms. The van der Waals surface area contributed by atoms with Gasteiger partial charge in [-0.2, -0.15) is 0 Å². The van der Waals surface area contributed by atoms with Gasteiger partial charge in [0.2, 0.25) is 6.41 Å². The molecule has 4 aliphatic carbocycles. The third-order valence-electron chi connectivity index (χ3n) is 6.77. The van der Waals surface area contributed by atoms with Crippen molar-refractivity contribution in [2.45, 2.75) is 59.4 Å². The first-order valence-corrected chi connectivity index (χ1v) is 7.62. The van der Waals surface area contributed by atoms with E-state index in [1.54, 1.807) is 0 Å². The second kappa shape index (κ2) is 3.74. The van der Waals surface area contributed by atoms with E-state index in [9.17, 15) is 4.79 Å². The third kappa shape index (κ3) is 1.38. The Morgan fingerprint density at radius 1 is 1.28 bits per heavy atom. The number of fused-ring (bicyclic) bond motifs is 1. The molecule has 1 N–H and O–H groups in total. The molecule has 4 bridgehead atoms. The molecule has 0 spiro atoms. The second-order valence-corrected chi connectivity index (χ2v) is 8.00. The molecule has 0 saturated heterocycles. The highest BCUT2D eigenvalue weighted by Gasteiger charge is 2.66. The number of carbonyl (C=O) groups is 1. The predicted molar refractivity (Wildman–Crippen MR) is 73.0 cm³/mol. The monoisotopic (exact) mass is 249 g/mol. The highest BCUT2D eigenvalue weighted by Crippen LogP contribution is 2.70. The molecule has 0 aromatic carbocycles. The zero-order chi connectivity index (χ0) is 13.1. The van der Waals surface area contributed by atoms with Crippen LogP contribution in [0.4, 0.5) is 0 Å². The summed E-state index contributed by atoms with van der Waals surface area (Å²) >= 11 is 0. The summed E-state index contributed by atoms with van der Waals surface area (Å²) in [5.74, 6) is 3.43. The first-order valence-electron chi connectivity index (χ1n) is 7.62. The molecule has 0 aromatic rings. The van der Waals surface area contributed by atoms with E-state index in [-0.39, 0.29) is 0 Å². The number of nitrogens with one attached hydrogen (secondary N) is 1. The van der Waals surface area contributed by atoms with Crippen molar-refractivity contribution in [1.29, 1.82) is 0 Å². The molecule has 0 heterocycles. The highest BCUT2D eigenvalue weighted by molar-refractivity contribution is 5.48. The lowest BCUT2D eigenvalue weighted by molar-refractivity contribution is -0.120. The quantitative estimate of drug-likeness (QED) is 0.765. The fraction of sp³-hybridized carbons (Fsp3) is 0.938. The predicted octanol–water partition coefficient (Wildman–Crippen LogP) is 3.22. The summed E-state index contributed by atoms with van der Waals surface area (Å²) in [7, 11) is 0. The van der Waals surface area contributed by atoms with Crippen LogP contribution in [0.1, 0.15) is 53.4 Å². The van der Waals surface area contributed by atoms with Gasteiger partial charge < -0.3 is 5.32 Å². The molecule has 0 aromatic heterocycles. The minimum atomic E-state index is 0.346. The molecule has 4 saturated carbocycles. The van der Waals surface area contributed by atoms with Gasteiger partial charge in [0, 0.05) is 6.04 Å². The molecule has 2 nitrogen and oxygen atoms in total. The number of hydrogen-bond acceptors (Lipinski definition) is 1. The number of carbonyl (C=O) groups excluding carboxylic acids is 1. The Bertz CT molecular complexity index is 366. The molecule has 0 radical (unpaired) electrons. The minimum Gasteiger partial charge on any atom is -0.355 e. The van der Waals surface area contributed by atoms with E-state index in [0.29, 0.717) is 16.9 Å². The van der Waals surface area contributed by atoms with Crippen LogP contribution in [0.15, 0.2) is 0 Å². The number of amides is 1. The van der Waals surface area contributed by atoms with Gasteiger partial charge >= 0.3 is 0 Å². The molecule has 4 fully saturated rings. The van der Waals surface area contributed by atoms with Crippen LogP contribution in [-0.2, 0) is 4.79 Å². The Morgan fingerprint density at radius 3 is 2.61 bits per heavy atom. The summed E-state index contributed by atoms with van der Waals surface area (Å²) in [6.07, 6.45) is 6.29. The molecule has 4 rings (SSSR count). The van der Waals surface area contributed by atoms with E-state index in [4.69, 9.17) is 0 Å². The van der Waals surface area contributed by atoms with Crippen molar-refractivity contribution in [3.63, 3.8) is 0 Å². The van der Waals surface area contributed by atoms with Crippen molar-refractivity contribution in [1.82, 2.24) is 5.32 Å². The largest absolute Gasteiger partial charge is 0.355 e. The molecule has 6 unspecified atom stereocenters. The summed E-state index contributed by atoms with van der Waals surface area (Å²) in [4.78, 5) is 11.0. The smallest absolute Gasteiger partial charge is 0.207 e. The van der Waals surface area contributed by atoms with Gasteiger partial charge in [0.1, 0.15) is 0 Å². The third-order valence-corrected chi connectivity index (χ3v) is 6.77. The lowest BCUT2D eigenvalue weighted by Gasteiger charge is -2.59. The summed E-state index contributed by atoms with van der Waals surface area (Å²) in [6.45, 7) is 9.63. The fourth-order valence-electron chi connectivity index (χ4n) is 6.14. The average Bonchev–Trinajstić information content (AvgIpc) is 2.55. The summed E-state index contributed by atoms with van der Waals surface area (Å²) in [6, 6.07) is 0.404. The molecule has 102 valence electrons. The van der Waals surface area contributed by atoms with Crippen LogP contribution >= 0.6 is 0 Å². The van der Waals surface area contributed by atoms with Crippen molar-refractivity contribution in [2.75, 3.05) is 0 Å². The van der Waals surface area contributed by atoms with Gasteiger partial charge in [0.25, 0.3) is 0 Å². The second-order valence-electron chi connectivity index (χ2n) is 8.00. The van der Waals surface area contributed by atoms with E-state index in [0.717, 1.165) is 30.1 Å². The zero-order valence-corrected chi connectivity index (χ0v) is 12.2. The van der Waals surface area contributed by atoms with Gasteiger partial charge in [0.05, 0.1) is 0 Å². The Hall–Kier alpha value is -0.530. The molecule has 0 aliphatic heterocycles. The van der Waals surface area contributed by atoms with E-state index in [1.807, 2.05) is 0 Å². The van der Waals surface area contributed by atoms with Crippen molar-refractivity contribution < 1.29 is 4.79 Å². The van der Waals surface area contributed by atoms with Crippen LogP contribution in [0.5, 0.6) is 0 Å². The van der Waals surface area contributed by atoms with Gasteiger partial charge in [-0.25, -0.2) is 0 Å². The first kappa shape index (κ1) is 12.5. The standard InChI is InChI=1S/C16H27NO/c1-10(2)11-8-16(4)13-5-6-15(3,7-12(11)13)14(16)17-9-18/h9-14H,5-8H2,1-4H3,(H,17,18). The lowest BCUT2D eigenvalue weighted by Crippen LogP contribution is -2.62. The normalized spacial score (nSPS) is 53.8. The molecular formula is C16H27NO. The Morgan fingerprint density at radius 2 is 2.00 bits per heavy atom. The number of hydrogen-bond donors (Lipinski definition) is 1. The van der Waals surface area contributed by atoms with Crippen LogP contribution in [0.2, 0.25) is 0 Å². The van der Waals surface area contributed by atoms with E-state index in [2.05, 4.69) is 33.0 Å². The first-order chi connectivity index (χ1) is 8.42. The van der Waals surface area contributed by atoms with E-state index >= 15 is 0 Å². The molecule has 4 aliphatic rings. The van der Waals surface area contributed by atoms with Gasteiger partial charge in [-0.15, -0.1) is 0 Å². The fourth-order valence-corrected chi connectivity index (χ4v) is 6.14. The van der Waals surface area contributed by atoms with Gasteiger partial charge in [-0.3, -0.25) is 4.79 Å². The molecule has 1 amide bonds. The maximum atomic E-state index is 11.0. The van der Waals surface area contributed by atoms with Crippen molar-refractivity contribution in [3.05, 3.63) is 0 Å². The maximum Gasteiger partial charge on any atom is 0.207 e. The van der Waals surface area contributed by atoms with Crippen LogP contribution in [0, 0.1) is 34.5 Å². The van der Waals surface area contributed by atoms with Crippen LogP contribution < -0.4 is 5.32 Å². The van der Waals surface area contributed by atoms with Crippen molar-refractivity contribution >= 4 is 6.41 Å². The summed E-state index contributed by atoms with van der Waals surface area (Å²) in [5, 5.41) is 3.20. The summed E-state index contributed by atoms with van der Waals surface area (Å²) < 4.78 is 0.